The second kappa shape index (κ2) is 7.00. The summed E-state index contributed by atoms with van der Waals surface area (Å²) in [5.41, 5.74) is 1.24. The van der Waals surface area contributed by atoms with Gasteiger partial charge in [-0.3, -0.25) is 0 Å². The third kappa shape index (κ3) is 4.45. The van der Waals surface area contributed by atoms with Gasteiger partial charge in [-0.2, -0.15) is 0 Å². The second-order valence-corrected chi connectivity index (χ2v) is 4.66. The first kappa shape index (κ1) is 13.7. The summed E-state index contributed by atoms with van der Waals surface area (Å²) >= 11 is 0. The lowest BCUT2D eigenvalue weighted by Gasteiger charge is -2.12. The molecule has 1 unspecified atom stereocenters. The van der Waals surface area contributed by atoms with Gasteiger partial charge in [0.2, 0.25) is 0 Å². The number of rotatable bonds is 7. The van der Waals surface area contributed by atoms with Crippen molar-refractivity contribution in [1.82, 2.24) is 5.32 Å². The minimum atomic E-state index is 0.267. The third-order valence-electron chi connectivity index (χ3n) is 3.04. The van der Waals surface area contributed by atoms with Crippen molar-refractivity contribution in [1.29, 1.82) is 0 Å². The zero-order valence-corrected chi connectivity index (χ0v) is 11.6. The van der Waals surface area contributed by atoms with E-state index in [9.17, 15) is 0 Å². The van der Waals surface area contributed by atoms with Crippen molar-refractivity contribution in [2.75, 3.05) is 0 Å². The molecule has 0 aliphatic carbocycles. The average Bonchev–Trinajstić information content (AvgIpc) is 2.94. The van der Waals surface area contributed by atoms with Gasteiger partial charge in [-0.1, -0.05) is 19.1 Å². The van der Waals surface area contributed by atoms with Crippen LogP contribution in [0.2, 0.25) is 0 Å². The maximum absolute atomic E-state index is 5.75. The summed E-state index contributed by atoms with van der Waals surface area (Å²) in [7, 11) is 0. The molecule has 1 heterocycles. The quantitative estimate of drug-likeness (QED) is 0.822. The van der Waals surface area contributed by atoms with Gasteiger partial charge in [0, 0.05) is 6.54 Å². The van der Waals surface area contributed by atoms with E-state index in [2.05, 4.69) is 31.3 Å². The van der Waals surface area contributed by atoms with Crippen LogP contribution in [0.5, 0.6) is 5.75 Å². The van der Waals surface area contributed by atoms with Gasteiger partial charge in [0.05, 0.1) is 18.9 Å². The Bertz CT molecular complexity index is 462. The molecule has 3 heteroatoms. The molecule has 1 aromatic heterocycles. The van der Waals surface area contributed by atoms with Crippen LogP contribution in [-0.4, -0.2) is 6.10 Å². The van der Waals surface area contributed by atoms with Crippen molar-refractivity contribution in [2.24, 2.45) is 0 Å². The van der Waals surface area contributed by atoms with E-state index in [1.165, 1.54) is 5.56 Å². The minimum absolute atomic E-state index is 0.267. The molecule has 0 amide bonds. The fourth-order valence-electron chi connectivity index (χ4n) is 1.74. The lowest BCUT2D eigenvalue weighted by atomic mass is 10.2. The highest BCUT2D eigenvalue weighted by Crippen LogP contribution is 2.14. The van der Waals surface area contributed by atoms with Crippen molar-refractivity contribution >= 4 is 0 Å². The zero-order chi connectivity index (χ0) is 13.5. The molecule has 0 aliphatic heterocycles. The molecule has 0 saturated heterocycles. The minimum Gasteiger partial charge on any atom is -0.491 e. The van der Waals surface area contributed by atoms with Gasteiger partial charge in [0.1, 0.15) is 11.5 Å². The normalized spacial score (nSPS) is 12.3. The summed E-state index contributed by atoms with van der Waals surface area (Å²) in [5.74, 6) is 1.89. The highest BCUT2D eigenvalue weighted by Gasteiger charge is 2.01. The number of ether oxygens (including phenoxy) is 1. The summed E-state index contributed by atoms with van der Waals surface area (Å²) < 4.78 is 11.0. The van der Waals surface area contributed by atoms with Crippen molar-refractivity contribution < 1.29 is 9.15 Å². The summed E-state index contributed by atoms with van der Waals surface area (Å²) in [5, 5.41) is 3.34. The van der Waals surface area contributed by atoms with E-state index in [-0.39, 0.29) is 6.10 Å². The summed E-state index contributed by atoms with van der Waals surface area (Å²) in [6.45, 7) is 5.78. The first-order chi connectivity index (χ1) is 9.28. The molecule has 0 fully saturated rings. The summed E-state index contributed by atoms with van der Waals surface area (Å²) in [6.07, 6.45) is 2.98. The van der Waals surface area contributed by atoms with Crippen LogP contribution in [-0.2, 0) is 13.1 Å². The van der Waals surface area contributed by atoms with E-state index < -0.39 is 0 Å². The number of benzene rings is 1. The standard InChI is InChI=1S/C16H21NO2/c1-3-13(2)19-15-8-6-14(7-9-15)11-17-12-16-5-4-10-18-16/h4-10,13,17H,3,11-12H2,1-2H3. The Balaban J connectivity index is 1.78. The van der Waals surface area contributed by atoms with Gasteiger partial charge in [-0.25, -0.2) is 0 Å². The predicted molar refractivity (Wildman–Crippen MR) is 76.1 cm³/mol. The van der Waals surface area contributed by atoms with Crippen LogP contribution in [0.15, 0.2) is 47.1 Å². The van der Waals surface area contributed by atoms with Crippen molar-refractivity contribution in [3.05, 3.63) is 54.0 Å². The molecule has 1 aromatic carbocycles. The molecule has 102 valence electrons. The molecule has 1 atom stereocenters. The molecule has 0 saturated carbocycles. The van der Waals surface area contributed by atoms with Crippen LogP contribution < -0.4 is 10.1 Å². The Labute approximate surface area is 114 Å². The fraction of sp³-hybridized carbons (Fsp3) is 0.375. The SMILES string of the molecule is CCC(C)Oc1ccc(CNCc2ccco2)cc1. The lowest BCUT2D eigenvalue weighted by Crippen LogP contribution is -2.12. The number of nitrogens with one attached hydrogen (secondary N) is 1. The molecule has 1 N–H and O–H groups in total. The van der Waals surface area contributed by atoms with Crippen LogP contribution in [0.1, 0.15) is 31.6 Å². The fourth-order valence-corrected chi connectivity index (χ4v) is 1.74. The highest BCUT2D eigenvalue weighted by atomic mass is 16.5. The topological polar surface area (TPSA) is 34.4 Å². The van der Waals surface area contributed by atoms with Crippen LogP contribution in [0.4, 0.5) is 0 Å². The first-order valence-electron chi connectivity index (χ1n) is 6.76. The first-order valence-corrected chi connectivity index (χ1v) is 6.76. The van der Waals surface area contributed by atoms with E-state index in [1.54, 1.807) is 6.26 Å². The number of hydrogen-bond donors (Lipinski definition) is 1. The lowest BCUT2D eigenvalue weighted by molar-refractivity contribution is 0.217. The van der Waals surface area contributed by atoms with Gasteiger partial charge < -0.3 is 14.5 Å². The predicted octanol–water partition coefficient (Wildman–Crippen LogP) is 3.75. The van der Waals surface area contributed by atoms with Crippen molar-refractivity contribution in [3.63, 3.8) is 0 Å². The number of furan rings is 1. The van der Waals surface area contributed by atoms with Crippen LogP contribution in [0.25, 0.3) is 0 Å². The van der Waals surface area contributed by atoms with Gasteiger partial charge in [0.15, 0.2) is 0 Å². The van der Waals surface area contributed by atoms with E-state index in [0.717, 1.165) is 31.0 Å². The molecule has 0 spiro atoms. The number of hydrogen-bond acceptors (Lipinski definition) is 3. The zero-order valence-electron chi connectivity index (χ0n) is 11.6. The largest absolute Gasteiger partial charge is 0.491 e. The van der Waals surface area contributed by atoms with E-state index >= 15 is 0 Å². The average molecular weight is 259 g/mol. The van der Waals surface area contributed by atoms with E-state index in [0.29, 0.717) is 0 Å². The Kier molecular flexibility index (Phi) is 5.04. The molecular weight excluding hydrogens is 238 g/mol. The van der Waals surface area contributed by atoms with Crippen molar-refractivity contribution in [2.45, 2.75) is 39.5 Å². The molecule has 2 rings (SSSR count). The maximum Gasteiger partial charge on any atom is 0.119 e. The summed E-state index contributed by atoms with van der Waals surface area (Å²) in [6, 6.07) is 12.1. The smallest absolute Gasteiger partial charge is 0.119 e. The van der Waals surface area contributed by atoms with Gasteiger partial charge in [-0.05, 0) is 43.2 Å². The Morgan fingerprint density at radius 1 is 1.16 bits per heavy atom. The molecular formula is C16H21NO2. The maximum atomic E-state index is 5.75. The molecule has 0 bridgehead atoms. The molecule has 3 nitrogen and oxygen atoms in total. The van der Waals surface area contributed by atoms with E-state index in [4.69, 9.17) is 9.15 Å². The van der Waals surface area contributed by atoms with Crippen molar-refractivity contribution in [3.8, 4) is 5.75 Å². The van der Waals surface area contributed by atoms with Gasteiger partial charge in [0.25, 0.3) is 0 Å². The second-order valence-electron chi connectivity index (χ2n) is 4.66. The molecule has 0 aliphatic rings. The Morgan fingerprint density at radius 2 is 1.95 bits per heavy atom. The Morgan fingerprint density at radius 3 is 2.58 bits per heavy atom. The monoisotopic (exact) mass is 259 g/mol. The van der Waals surface area contributed by atoms with Crippen LogP contribution >= 0.6 is 0 Å². The third-order valence-corrected chi connectivity index (χ3v) is 3.04. The molecule has 19 heavy (non-hydrogen) atoms. The molecule has 2 aromatic rings. The van der Waals surface area contributed by atoms with E-state index in [1.807, 2.05) is 24.3 Å². The molecule has 0 radical (unpaired) electrons. The van der Waals surface area contributed by atoms with Gasteiger partial charge in [-0.15, -0.1) is 0 Å². The van der Waals surface area contributed by atoms with Gasteiger partial charge >= 0.3 is 0 Å². The van der Waals surface area contributed by atoms with Crippen LogP contribution in [0.3, 0.4) is 0 Å². The Hall–Kier alpha value is -1.74. The van der Waals surface area contributed by atoms with Crippen LogP contribution in [0, 0.1) is 0 Å². The summed E-state index contributed by atoms with van der Waals surface area (Å²) in [4.78, 5) is 0. The highest BCUT2D eigenvalue weighted by molar-refractivity contribution is 5.27.